The van der Waals surface area contributed by atoms with Crippen LogP contribution in [0.3, 0.4) is 0 Å². The summed E-state index contributed by atoms with van der Waals surface area (Å²) in [6.07, 6.45) is 2.57. The predicted molar refractivity (Wildman–Crippen MR) is 134 cm³/mol. The maximum atomic E-state index is 13.1. The van der Waals surface area contributed by atoms with Crippen LogP contribution >= 0.6 is 11.3 Å². The maximum Gasteiger partial charge on any atom is 0.263 e. The summed E-state index contributed by atoms with van der Waals surface area (Å²) >= 11 is 1.37. The molecule has 2 fully saturated rings. The number of nitrogens with one attached hydrogen (secondary N) is 1. The van der Waals surface area contributed by atoms with Crippen LogP contribution in [0, 0.1) is 19.8 Å². The Morgan fingerprint density at radius 3 is 2.94 bits per heavy atom. The summed E-state index contributed by atoms with van der Waals surface area (Å²) in [7, 11) is 0. The number of carbonyl (C=O) groups is 1. The maximum absolute atomic E-state index is 13.1. The number of aryl methyl sites for hydroxylation is 3. The van der Waals surface area contributed by atoms with Crippen LogP contribution < -0.4 is 21.7 Å². The van der Waals surface area contributed by atoms with Gasteiger partial charge in [-0.3, -0.25) is 4.79 Å². The molecule has 6 rings (SSSR count). The van der Waals surface area contributed by atoms with Crippen molar-refractivity contribution in [1.29, 1.82) is 0 Å². The molecule has 3 aromatic heterocycles. The molecule has 0 saturated carbocycles. The lowest BCUT2D eigenvalue weighted by molar-refractivity contribution is 0.0938. The van der Waals surface area contributed by atoms with Gasteiger partial charge in [-0.05, 0) is 56.4 Å². The lowest BCUT2D eigenvalue weighted by atomic mass is 9.91. The number of anilines is 2. The fourth-order valence-electron chi connectivity index (χ4n) is 5.67. The van der Waals surface area contributed by atoms with Crippen LogP contribution in [0.25, 0.3) is 10.2 Å². The Hall–Kier alpha value is -2.75. The van der Waals surface area contributed by atoms with Crippen molar-refractivity contribution in [3.05, 3.63) is 45.6 Å². The molecule has 5 N–H and O–H groups in total. The largest absolute Gasteiger partial charge is 0.397 e. The minimum absolute atomic E-state index is 0.0604. The first-order valence-corrected chi connectivity index (χ1v) is 12.8. The van der Waals surface area contributed by atoms with E-state index in [1.807, 2.05) is 19.9 Å². The van der Waals surface area contributed by atoms with Gasteiger partial charge in [0, 0.05) is 47.9 Å². The summed E-state index contributed by atoms with van der Waals surface area (Å²) in [4.78, 5) is 26.3. The minimum Gasteiger partial charge on any atom is -0.397 e. The Bertz CT molecular complexity index is 1280. The molecule has 9 heteroatoms. The molecule has 0 spiro atoms. The molecule has 34 heavy (non-hydrogen) atoms. The Morgan fingerprint density at radius 2 is 2.12 bits per heavy atom. The fourth-order valence-corrected chi connectivity index (χ4v) is 6.79. The molecule has 2 aliphatic heterocycles. The average molecular weight is 479 g/mol. The fraction of sp³-hybridized carbons (Fsp3) is 0.480. The van der Waals surface area contributed by atoms with E-state index < -0.39 is 0 Å². The molecule has 0 aromatic carbocycles. The van der Waals surface area contributed by atoms with Crippen LogP contribution in [0.4, 0.5) is 11.5 Å². The van der Waals surface area contributed by atoms with Crippen molar-refractivity contribution in [1.82, 2.24) is 15.3 Å². The number of nitrogens with two attached hydrogens (primary N) is 2. The predicted octanol–water partition coefficient (Wildman–Crippen LogP) is 2.34. The molecule has 5 heterocycles. The van der Waals surface area contributed by atoms with E-state index >= 15 is 0 Å². The van der Waals surface area contributed by atoms with Crippen molar-refractivity contribution in [2.45, 2.75) is 51.3 Å². The van der Waals surface area contributed by atoms with E-state index in [1.165, 1.54) is 16.9 Å². The van der Waals surface area contributed by atoms with Crippen molar-refractivity contribution in [3.63, 3.8) is 0 Å². The van der Waals surface area contributed by atoms with Crippen LogP contribution in [-0.2, 0) is 17.6 Å². The molecule has 1 amide bonds. The zero-order valence-electron chi connectivity index (χ0n) is 19.5. The van der Waals surface area contributed by atoms with Gasteiger partial charge in [-0.1, -0.05) is 6.07 Å². The molecule has 3 aromatic rings. The van der Waals surface area contributed by atoms with Crippen molar-refractivity contribution < 1.29 is 9.53 Å². The molecule has 2 bridgehead atoms. The number of fused-ring (bicyclic) bond motifs is 4. The number of ether oxygens (including phenoxy) is 1. The summed E-state index contributed by atoms with van der Waals surface area (Å²) in [5, 5.41) is 4.10. The van der Waals surface area contributed by atoms with Crippen LogP contribution in [0.2, 0.25) is 0 Å². The summed E-state index contributed by atoms with van der Waals surface area (Å²) < 4.78 is 5.83. The van der Waals surface area contributed by atoms with Gasteiger partial charge in [-0.2, -0.15) is 0 Å². The van der Waals surface area contributed by atoms with Gasteiger partial charge in [0.25, 0.3) is 5.91 Å². The molecule has 4 atom stereocenters. The molecule has 3 aliphatic rings. The Labute approximate surface area is 202 Å². The number of hydrogen-bond acceptors (Lipinski definition) is 8. The van der Waals surface area contributed by atoms with Crippen LogP contribution in [0.1, 0.15) is 38.6 Å². The van der Waals surface area contributed by atoms with E-state index in [-0.39, 0.29) is 24.1 Å². The van der Waals surface area contributed by atoms with Crippen molar-refractivity contribution in [3.8, 4) is 0 Å². The number of carbonyl (C=O) groups excluding carboxylic acids is 1. The Balaban J connectivity index is 1.16. The van der Waals surface area contributed by atoms with E-state index in [9.17, 15) is 4.79 Å². The summed E-state index contributed by atoms with van der Waals surface area (Å²) in [6, 6.07) is 6.46. The number of rotatable bonds is 3. The third-order valence-corrected chi connectivity index (χ3v) is 8.59. The second-order valence-electron chi connectivity index (χ2n) is 9.91. The molecule has 4 unspecified atom stereocenters. The van der Waals surface area contributed by atoms with Gasteiger partial charge in [0.05, 0.1) is 18.4 Å². The lowest BCUT2D eigenvalue weighted by Gasteiger charge is -2.35. The zero-order valence-corrected chi connectivity index (χ0v) is 20.3. The van der Waals surface area contributed by atoms with Crippen LogP contribution in [-0.4, -0.2) is 53.8 Å². The third kappa shape index (κ3) is 3.62. The molecule has 1 aliphatic carbocycles. The highest BCUT2D eigenvalue weighted by Crippen LogP contribution is 2.35. The lowest BCUT2D eigenvalue weighted by Crippen LogP contribution is -2.52. The number of piperidine rings is 1. The number of amides is 1. The molecule has 178 valence electrons. The molecule has 0 radical (unpaired) electrons. The quantitative estimate of drug-likeness (QED) is 0.529. The highest BCUT2D eigenvalue weighted by molar-refractivity contribution is 7.21. The van der Waals surface area contributed by atoms with Crippen molar-refractivity contribution in [2.24, 2.45) is 11.7 Å². The second kappa shape index (κ2) is 8.18. The number of thiophene rings is 1. The van der Waals surface area contributed by atoms with Gasteiger partial charge in [0.15, 0.2) is 0 Å². The van der Waals surface area contributed by atoms with Gasteiger partial charge in [-0.25, -0.2) is 9.97 Å². The number of hydrogen-bond donors (Lipinski definition) is 3. The van der Waals surface area contributed by atoms with Gasteiger partial charge in [-0.15, -0.1) is 11.3 Å². The second-order valence-corrected chi connectivity index (χ2v) is 10.9. The number of pyridine rings is 2. The molecule has 2 saturated heterocycles. The number of aromatic nitrogens is 2. The van der Waals surface area contributed by atoms with Gasteiger partial charge < -0.3 is 26.4 Å². The molecular formula is C25H30N6O2S. The first-order chi connectivity index (χ1) is 16.4. The minimum atomic E-state index is -0.115. The van der Waals surface area contributed by atoms with Crippen molar-refractivity contribution >= 4 is 39.0 Å². The van der Waals surface area contributed by atoms with Gasteiger partial charge in [0.1, 0.15) is 15.5 Å². The van der Waals surface area contributed by atoms with Crippen molar-refractivity contribution in [2.75, 3.05) is 30.3 Å². The first-order valence-electron chi connectivity index (χ1n) is 12.0. The Morgan fingerprint density at radius 1 is 1.26 bits per heavy atom. The SMILES string of the molecule is Cc1cc(C)c2c(N)c(C(=O)NC3CCc4nc(N5CC6COC(C5)C6N)ccc4C3)sc2n1. The van der Waals surface area contributed by atoms with E-state index in [4.69, 9.17) is 21.2 Å². The highest BCUT2D eigenvalue weighted by Gasteiger charge is 2.41. The van der Waals surface area contributed by atoms with E-state index in [1.54, 1.807) is 0 Å². The zero-order chi connectivity index (χ0) is 23.6. The number of nitrogens with zero attached hydrogens (tertiary/aromatic N) is 3. The molecular weight excluding hydrogens is 448 g/mol. The van der Waals surface area contributed by atoms with Crippen LogP contribution in [0.5, 0.6) is 0 Å². The van der Waals surface area contributed by atoms with E-state index in [0.717, 1.165) is 71.9 Å². The van der Waals surface area contributed by atoms with Gasteiger partial charge in [0.2, 0.25) is 0 Å². The van der Waals surface area contributed by atoms with E-state index in [0.29, 0.717) is 16.5 Å². The summed E-state index contributed by atoms with van der Waals surface area (Å²) in [5.41, 5.74) is 17.5. The van der Waals surface area contributed by atoms with E-state index in [2.05, 4.69) is 27.3 Å². The highest BCUT2D eigenvalue weighted by atomic mass is 32.1. The topological polar surface area (TPSA) is 119 Å². The average Bonchev–Trinajstić information content (AvgIpc) is 3.22. The third-order valence-electron chi connectivity index (χ3n) is 7.49. The summed E-state index contributed by atoms with van der Waals surface area (Å²) in [6.45, 7) is 6.41. The monoisotopic (exact) mass is 478 g/mol. The van der Waals surface area contributed by atoms with Gasteiger partial charge >= 0.3 is 0 Å². The molecule has 8 nitrogen and oxygen atoms in total. The van der Waals surface area contributed by atoms with Crippen LogP contribution in [0.15, 0.2) is 18.2 Å². The first kappa shape index (κ1) is 21.8. The summed E-state index contributed by atoms with van der Waals surface area (Å²) in [5.74, 6) is 1.26. The standard InChI is InChI=1S/C25H30N6O2S/c1-12-7-13(2)28-25-20(12)22(27)23(34-25)24(32)29-16-4-5-17-14(8-16)3-6-19(30-17)31-9-15-11-33-18(10-31)21(15)26/h3,6-7,15-16,18,21H,4-5,8-11,26-27H2,1-2H3,(H,29,32). The number of nitrogen functional groups attached to an aromatic ring is 1. The Kier molecular flexibility index (Phi) is 5.24. The normalized spacial score (nSPS) is 26.0. The smallest absolute Gasteiger partial charge is 0.263 e.